The molecule has 6 heteroatoms. The van der Waals surface area contributed by atoms with Crippen molar-refractivity contribution in [3.05, 3.63) is 22.5 Å². The fourth-order valence-corrected chi connectivity index (χ4v) is 2.52. The molecule has 0 aliphatic rings. The van der Waals surface area contributed by atoms with Gasteiger partial charge in [0.2, 0.25) is 0 Å². The van der Waals surface area contributed by atoms with Crippen LogP contribution in [-0.4, -0.2) is 17.2 Å². The third-order valence-corrected chi connectivity index (χ3v) is 3.30. The lowest BCUT2D eigenvalue weighted by Gasteiger charge is -2.05. The average molecular weight is 227 g/mol. The van der Waals surface area contributed by atoms with Gasteiger partial charge in [0, 0.05) is 0 Å². The van der Waals surface area contributed by atoms with Crippen LogP contribution in [0, 0.1) is 0 Å². The maximum Gasteiger partial charge on any atom is 0.489 e. The molecule has 1 aromatic carbocycles. The Bertz CT molecular complexity index is 485. The predicted octanol–water partition coefficient (Wildman–Crippen LogP) is 0.817. The van der Waals surface area contributed by atoms with Gasteiger partial charge < -0.3 is 15.8 Å². The van der Waals surface area contributed by atoms with E-state index in [4.69, 9.17) is 27.4 Å². The van der Waals surface area contributed by atoms with Crippen molar-refractivity contribution in [3.8, 4) is 0 Å². The maximum atomic E-state index is 9.12. The lowest BCUT2D eigenvalue weighted by Crippen LogP contribution is -2.30. The van der Waals surface area contributed by atoms with Gasteiger partial charge in [-0.05, 0) is 28.4 Å². The van der Waals surface area contributed by atoms with Crippen molar-refractivity contribution >= 4 is 51.3 Å². The van der Waals surface area contributed by atoms with Gasteiger partial charge in [0.15, 0.2) is 0 Å². The molecule has 2 aromatic rings. The number of fused-ring (bicyclic) bond motifs is 1. The van der Waals surface area contributed by atoms with Crippen molar-refractivity contribution in [2.45, 2.75) is 0 Å². The molecule has 1 heterocycles. The second kappa shape index (κ2) is 3.44. The summed E-state index contributed by atoms with van der Waals surface area (Å²) in [6.07, 6.45) is 0. The minimum atomic E-state index is -1.52. The quantitative estimate of drug-likeness (QED) is 0.499. The number of halogens is 1. The van der Waals surface area contributed by atoms with E-state index in [1.165, 1.54) is 17.4 Å². The number of thiophene rings is 1. The standard InChI is InChI=1S/C8H7BClNO2S/c10-6-3-5(9(12)13)4-1-2-14-8(4)7(6)11/h1-3,12-13H,11H2. The van der Waals surface area contributed by atoms with Crippen molar-refractivity contribution in [1.29, 1.82) is 0 Å². The minimum Gasteiger partial charge on any atom is -0.423 e. The summed E-state index contributed by atoms with van der Waals surface area (Å²) in [5.41, 5.74) is 6.62. The summed E-state index contributed by atoms with van der Waals surface area (Å²) in [7, 11) is -1.52. The van der Waals surface area contributed by atoms with Crippen LogP contribution in [0.5, 0.6) is 0 Å². The van der Waals surface area contributed by atoms with Gasteiger partial charge in [-0.2, -0.15) is 0 Å². The number of hydrogen-bond acceptors (Lipinski definition) is 4. The van der Waals surface area contributed by atoms with Crippen LogP contribution in [0.2, 0.25) is 5.02 Å². The first kappa shape index (κ1) is 9.80. The van der Waals surface area contributed by atoms with Crippen molar-refractivity contribution in [2.24, 2.45) is 0 Å². The fraction of sp³-hybridized carbons (Fsp3) is 0. The number of hydrogen-bond donors (Lipinski definition) is 3. The number of nitrogens with two attached hydrogens (primary N) is 1. The number of rotatable bonds is 1. The fourth-order valence-electron chi connectivity index (χ4n) is 1.36. The van der Waals surface area contributed by atoms with Crippen molar-refractivity contribution in [2.75, 3.05) is 5.73 Å². The molecule has 0 amide bonds. The van der Waals surface area contributed by atoms with Gasteiger partial charge in [-0.1, -0.05) is 11.6 Å². The first-order chi connectivity index (χ1) is 6.61. The van der Waals surface area contributed by atoms with E-state index >= 15 is 0 Å². The summed E-state index contributed by atoms with van der Waals surface area (Å²) in [5, 5.41) is 21.2. The third kappa shape index (κ3) is 1.38. The van der Waals surface area contributed by atoms with Crippen LogP contribution in [0.15, 0.2) is 17.5 Å². The third-order valence-electron chi connectivity index (χ3n) is 2.04. The van der Waals surface area contributed by atoms with Gasteiger partial charge in [0.25, 0.3) is 0 Å². The van der Waals surface area contributed by atoms with Crippen LogP contribution in [0.1, 0.15) is 0 Å². The van der Waals surface area contributed by atoms with Crippen LogP contribution >= 0.6 is 22.9 Å². The van der Waals surface area contributed by atoms with E-state index in [0.29, 0.717) is 16.2 Å². The van der Waals surface area contributed by atoms with Crippen LogP contribution in [0.25, 0.3) is 10.1 Å². The second-order valence-electron chi connectivity index (χ2n) is 2.90. The summed E-state index contributed by atoms with van der Waals surface area (Å²) in [5.74, 6) is 0. The average Bonchev–Trinajstić information content (AvgIpc) is 2.59. The SMILES string of the molecule is Nc1c(Cl)cc(B(O)O)c2ccsc12. The largest absolute Gasteiger partial charge is 0.489 e. The molecule has 14 heavy (non-hydrogen) atoms. The summed E-state index contributed by atoms with van der Waals surface area (Å²) in [4.78, 5) is 0. The minimum absolute atomic E-state index is 0.350. The lowest BCUT2D eigenvalue weighted by atomic mass is 9.78. The molecule has 1 aromatic heterocycles. The zero-order valence-corrected chi connectivity index (χ0v) is 8.64. The van der Waals surface area contributed by atoms with E-state index in [-0.39, 0.29) is 0 Å². The van der Waals surface area contributed by atoms with Gasteiger partial charge in [-0.15, -0.1) is 11.3 Å². The highest BCUT2D eigenvalue weighted by Crippen LogP contribution is 2.31. The van der Waals surface area contributed by atoms with Crippen molar-refractivity contribution < 1.29 is 10.0 Å². The highest BCUT2D eigenvalue weighted by Gasteiger charge is 2.18. The Morgan fingerprint density at radius 2 is 2.14 bits per heavy atom. The monoisotopic (exact) mass is 227 g/mol. The maximum absolute atomic E-state index is 9.12. The van der Waals surface area contributed by atoms with E-state index in [9.17, 15) is 0 Å². The molecular formula is C8H7BClNO2S. The zero-order chi connectivity index (χ0) is 10.3. The normalized spacial score (nSPS) is 10.8. The Kier molecular flexibility index (Phi) is 2.40. The summed E-state index contributed by atoms with van der Waals surface area (Å²) >= 11 is 7.28. The van der Waals surface area contributed by atoms with E-state index in [1.807, 2.05) is 5.38 Å². The highest BCUT2D eigenvalue weighted by atomic mass is 35.5. The molecule has 72 valence electrons. The summed E-state index contributed by atoms with van der Waals surface area (Å²) in [6, 6.07) is 3.28. The molecule has 0 spiro atoms. The molecule has 2 rings (SSSR count). The predicted molar refractivity (Wildman–Crippen MR) is 61.1 cm³/mol. The Labute approximate surface area is 89.9 Å². The van der Waals surface area contributed by atoms with E-state index in [0.717, 1.165) is 10.1 Å². The van der Waals surface area contributed by atoms with E-state index in [2.05, 4.69) is 0 Å². The molecule has 0 bridgehead atoms. The van der Waals surface area contributed by atoms with E-state index in [1.54, 1.807) is 6.07 Å². The summed E-state index contributed by atoms with van der Waals surface area (Å²) in [6.45, 7) is 0. The van der Waals surface area contributed by atoms with Gasteiger partial charge in [-0.3, -0.25) is 0 Å². The molecule has 0 aliphatic heterocycles. The van der Waals surface area contributed by atoms with Crippen LogP contribution < -0.4 is 11.2 Å². The molecule has 0 aliphatic carbocycles. The number of anilines is 1. The van der Waals surface area contributed by atoms with Gasteiger partial charge in [-0.25, -0.2) is 0 Å². The lowest BCUT2D eigenvalue weighted by molar-refractivity contribution is 0.426. The first-order valence-corrected chi connectivity index (χ1v) is 5.18. The Balaban J connectivity index is 2.84. The molecule has 0 fully saturated rings. The van der Waals surface area contributed by atoms with E-state index < -0.39 is 7.12 Å². The van der Waals surface area contributed by atoms with Gasteiger partial charge in [0.1, 0.15) is 0 Å². The highest BCUT2D eigenvalue weighted by molar-refractivity contribution is 7.18. The second-order valence-corrected chi connectivity index (χ2v) is 4.22. The number of benzene rings is 1. The molecule has 0 saturated heterocycles. The van der Waals surface area contributed by atoms with Crippen LogP contribution in [0.4, 0.5) is 5.69 Å². The smallest absolute Gasteiger partial charge is 0.423 e. The topological polar surface area (TPSA) is 66.5 Å². The Morgan fingerprint density at radius 3 is 2.79 bits per heavy atom. The molecule has 0 saturated carbocycles. The Morgan fingerprint density at radius 1 is 1.43 bits per heavy atom. The molecule has 0 unspecified atom stereocenters. The van der Waals surface area contributed by atoms with Gasteiger partial charge in [0.05, 0.1) is 15.4 Å². The first-order valence-electron chi connectivity index (χ1n) is 3.92. The molecule has 0 atom stereocenters. The van der Waals surface area contributed by atoms with Gasteiger partial charge >= 0.3 is 7.12 Å². The zero-order valence-electron chi connectivity index (χ0n) is 7.07. The summed E-state index contributed by atoms with van der Waals surface area (Å²) < 4.78 is 0.792. The molecule has 4 N–H and O–H groups in total. The van der Waals surface area contributed by atoms with Crippen molar-refractivity contribution in [3.63, 3.8) is 0 Å². The van der Waals surface area contributed by atoms with Crippen molar-refractivity contribution in [1.82, 2.24) is 0 Å². The molecular weight excluding hydrogens is 220 g/mol. The Hall–Kier alpha value is -0.745. The van der Waals surface area contributed by atoms with Crippen LogP contribution in [-0.2, 0) is 0 Å². The molecule has 3 nitrogen and oxygen atoms in total. The number of nitrogen functional groups attached to an aromatic ring is 1. The van der Waals surface area contributed by atoms with Crippen LogP contribution in [0.3, 0.4) is 0 Å². The molecule has 0 radical (unpaired) electrons.